The first kappa shape index (κ1) is 16.0. The zero-order valence-electron chi connectivity index (χ0n) is 13.0. The van der Waals surface area contributed by atoms with Gasteiger partial charge in [-0.1, -0.05) is 17.7 Å². The van der Waals surface area contributed by atoms with Gasteiger partial charge >= 0.3 is 0 Å². The second-order valence-corrected chi connectivity index (χ2v) is 8.17. The average molecular weight is 418 g/mol. The molecule has 25 heavy (non-hydrogen) atoms. The third kappa shape index (κ3) is 2.56. The van der Waals surface area contributed by atoms with Crippen molar-refractivity contribution in [1.82, 2.24) is 24.1 Å². The van der Waals surface area contributed by atoms with Crippen LogP contribution in [0.4, 0.5) is 0 Å². The zero-order valence-corrected chi connectivity index (χ0v) is 15.4. The molecular formula is C16H12BrN5O2S. The molecule has 3 heterocycles. The van der Waals surface area contributed by atoms with Crippen molar-refractivity contribution >= 4 is 37.0 Å². The Balaban J connectivity index is 1.98. The van der Waals surface area contributed by atoms with Crippen LogP contribution in [0.15, 0.2) is 58.6 Å². The maximum atomic E-state index is 13.0. The number of nitrogens with one attached hydrogen (secondary N) is 1. The highest BCUT2D eigenvalue weighted by Crippen LogP contribution is 2.34. The van der Waals surface area contributed by atoms with Crippen molar-refractivity contribution in [2.75, 3.05) is 0 Å². The van der Waals surface area contributed by atoms with E-state index in [9.17, 15) is 8.42 Å². The van der Waals surface area contributed by atoms with Gasteiger partial charge in [0.15, 0.2) is 5.65 Å². The van der Waals surface area contributed by atoms with E-state index in [1.165, 1.54) is 16.5 Å². The lowest BCUT2D eigenvalue weighted by Crippen LogP contribution is -2.12. The van der Waals surface area contributed by atoms with Gasteiger partial charge in [-0.2, -0.15) is 5.10 Å². The van der Waals surface area contributed by atoms with E-state index in [-0.39, 0.29) is 4.90 Å². The summed E-state index contributed by atoms with van der Waals surface area (Å²) in [6.45, 7) is 1.91. The van der Waals surface area contributed by atoms with Crippen LogP contribution in [0.2, 0.25) is 0 Å². The molecule has 7 nitrogen and oxygen atoms in total. The van der Waals surface area contributed by atoms with Gasteiger partial charge in [0.25, 0.3) is 10.0 Å². The maximum absolute atomic E-state index is 13.0. The largest absolute Gasteiger partial charge is 0.285 e. The minimum absolute atomic E-state index is 0.200. The van der Waals surface area contributed by atoms with Gasteiger partial charge in [0, 0.05) is 22.4 Å². The van der Waals surface area contributed by atoms with Crippen molar-refractivity contribution in [3.8, 4) is 11.3 Å². The standard InChI is InChI=1S/C16H12BrN5O2S/c1-10-2-4-12(5-3-10)25(23,24)22-8-13(17)14-15(11-6-20-21-7-11)18-9-19-16(14)22/h2-9H,1H3,(H,20,21). The summed E-state index contributed by atoms with van der Waals surface area (Å²) in [7, 11) is -3.77. The summed E-state index contributed by atoms with van der Waals surface area (Å²) in [4.78, 5) is 8.67. The zero-order chi connectivity index (χ0) is 17.6. The van der Waals surface area contributed by atoms with Crippen LogP contribution in [-0.2, 0) is 10.0 Å². The summed E-state index contributed by atoms with van der Waals surface area (Å²) >= 11 is 3.43. The fourth-order valence-corrected chi connectivity index (χ4v) is 4.62. The van der Waals surface area contributed by atoms with Gasteiger partial charge in [-0.15, -0.1) is 0 Å². The number of fused-ring (bicyclic) bond motifs is 1. The van der Waals surface area contributed by atoms with E-state index in [0.29, 0.717) is 21.2 Å². The summed E-state index contributed by atoms with van der Waals surface area (Å²) in [6, 6.07) is 6.70. The smallest absolute Gasteiger partial charge is 0.269 e. The van der Waals surface area contributed by atoms with Crippen LogP contribution in [0.25, 0.3) is 22.3 Å². The highest BCUT2D eigenvalue weighted by molar-refractivity contribution is 9.10. The van der Waals surface area contributed by atoms with Gasteiger partial charge < -0.3 is 0 Å². The fourth-order valence-electron chi connectivity index (χ4n) is 2.60. The van der Waals surface area contributed by atoms with Crippen molar-refractivity contribution in [2.45, 2.75) is 11.8 Å². The molecule has 126 valence electrons. The van der Waals surface area contributed by atoms with E-state index in [4.69, 9.17) is 0 Å². The number of nitrogens with zero attached hydrogens (tertiary/aromatic N) is 4. The molecule has 0 atom stereocenters. The number of aromatic nitrogens is 5. The minimum atomic E-state index is -3.77. The van der Waals surface area contributed by atoms with E-state index in [1.54, 1.807) is 36.7 Å². The molecule has 0 aliphatic rings. The van der Waals surface area contributed by atoms with Crippen molar-refractivity contribution in [3.05, 3.63) is 59.2 Å². The molecule has 0 saturated heterocycles. The molecule has 0 aliphatic carbocycles. The molecule has 9 heteroatoms. The monoisotopic (exact) mass is 417 g/mol. The Morgan fingerprint density at radius 1 is 1.16 bits per heavy atom. The van der Waals surface area contributed by atoms with E-state index in [1.807, 2.05) is 6.92 Å². The number of benzene rings is 1. The van der Waals surface area contributed by atoms with Gasteiger partial charge in [0.2, 0.25) is 0 Å². The average Bonchev–Trinajstić information content (AvgIpc) is 3.24. The summed E-state index contributed by atoms with van der Waals surface area (Å²) in [5, 5.41) is 7.26. The Morgan fingerprint density at radius 2 is 1.92 bits per heavy atom. The van der Waals surface area contributed by atoms with Gasteiger partial charge in [0.05, 0.1) is 22.2 Å². The van der Waals surface area contributed by atoms with E-state index >= 15 is 0 Å². The SMILES string of the molecule is Cc1ccc(S(=O)(=O)n2cc(Br)c3c(-c4cn[nH]c4)ncnc32)cc1. The van der Waals surface area contributed by atoms with Crippen LogP contribution in [0.1, 0.15) is 5.56 Å². The van der Waals surface area contributed by atoms with Crippen molar-refractivity contribution in [1.29, 1.82) is 0 Å². The first-order chi connectivity index (χ1) is 12.0. The minimum Gasteiger partial charge on any atom is -0.285 e. The van der Waals surface area contributed by atoms with Crippen molar-refractivity contribution in [2.24, 2.45) is 0 Å². The lowest BCUT2D eigenvalue weighted by molar-refractivity contribution is 0.588. The van der Waals surface area contributed by atoms with Crippen LogP contribution >= 0.6 is 15.9 Å². The molecule has 0 spiro atoms. The van der Waals surface area contributed by atoms with Gasteiger partial charge in [-0.25, -0.2) is 22.4 Å². The Kier molecular flexibility index (Phi) is 3.69. The number of aryl methyl sites for hydroxylation is 1. The third-order valence-electron chi connectivity index (χ3n) is 3.85. The summed E-state index contributed by atoms with van der Waals surface area (Å²) in [5.74, 6) is 0. The van der Waals surface area contributed by atoms with Gasteiger partial charge in [-0.3, -0.25) is 5.10 Å². The Bertz CT molecular complexity index is 1170. The van der Waals surface area contributed by atoms with Crippen molar-refractivity contribution in [3.63, 3.8) is 0 Å². The van der Waals surface area contributed by atoms with Crippen LogP contribution < -0.4 is 0 Å². The van der Waals surface area contributed by atoms with Gasteiger partial charge in [0.1, 0.15) is 6.33 Å². The molecule has 1 N–H and O–H groups in total. The lowest BCUT2D eigenvalue weighted by atomic mass is 10.2. The lowest BCUT2D eigenvalue weighted by Gasteiger charge is -2.07. The van der Waals surface area contributed by atoms with Crippen LogP contribution in [-0.4, -0.2) is 32.6 Å². The molecular weight excluding hydrogens is 406 g/mol. The third-order valence-corrected chi connectivity index (χ3v) is 6.12. The number of aromatic amines is 1. The molecule has 0 saturated carbocycles. The normalized spacial score (nSPS) is 11.9. The fraction of sp³-hybridized carbons (Fsp3) is 0.0625. The summed E-state index contributed by atoms with van der Waals surface area (Å²) in [6.07, 6.45) is 6.16. The first-order valence-corrected chi connectivity index (χ1v) is 9.55. The molecule has 3 aromatic heterocycles. The van der Waals surface area contributed by atoms with E-state index < -0.39 is 10.0 Å². The topological polar surface area (TPSA) is 93.5 Å². The summed E-state index contributed by atoms with van der Waals surface area (Å²) < 4.78 is 27.8. The molecule has 4 rings (SSSR count). The number of halogens is 1. The van der Waals surface area contributed by atoms with Crippen LogP contribution in [0.3, 0.4) is 0 Å². The summed E-state index contributed by atoms with van der Waals surface area (Å²) in [5.41, 5.74) is 2.64. The molecule has 0 radical (unpaired) electrons. The second kappa shape index (κ2) is 5.78. The maximum Gasteiger partial charge on any atom is 0.269 e. The number of hydrogen-bond donors (Lipinski definition) is 1. The quantitative estimate of drug-likeness (QED) is 0.552. The molecule has 0 aliphatic heterocycles. The Morgan fingerprint density at radius 3 is 2.60 bits per heavy atom. The highest BCUT2D eigenvalue weighted by atomic mass is 79.9. The van der Waals surface area contributed by atoms with Crippen LogP contribution in [0, 0.1) is 6.92 Å². The predicted molar refractivity (Wildman–Crippen MR) is 96.6 cm³/mol. The van der Waals surface area contributed by atoms with Gasteiger partial charge in [-0.05, 0) is 35.0 Å². The highest BCUT2D eigenvalue weighted by Gasteiger charge is 2.24. The molecule has 0 unspecified atom stereocenters. The van der Waals surface area contributed by atoms with E-state index in [0.717, 1.165) is 11.1 Å². The molecule has 0 amide bonds. The number of rotatable bonds is 3. The predicted octanol–water partition coefficient (Wildman–Crippen LogP) is 3.13. The molecule has 0 fully saturated rings. The second-order valence-electron chi connectivity index (χ2n) is 5.50. The molecule has 1 aromatic carbocycles. The molecule has 4 aromatic rings. The number of hydrogen-bond acceptors (Lipinski definition) is 5. The number of H-pyrrole nitrogens is 1. The Hall–Kier alpha value is -2.52. The first-order valence-electron chi connectivity index (χ1n) is 7.31. The van der Waals surface area contributed by atoms with Crippen molar-refractivity contribution < 1.29 is 8.42 Å². The Labute approximate surface area is 151 Å². The molecule has 0 bridgehead atoms. The van der Waals surface area contributed by atoms with Crippen LogP contribution in [0.5, 0.6) is 0 Å². The van der Waals surface area contributed by atoms with E-state index in [2.05, 4.69) is 36.1 Å².